The fourth-order valence-corrected chi connectivity index (χ4v) is 3.21. The monoisotopic (exact) mass is 406 g/mol. The number of fused-ring (bicyclic) bond motifs is 1. The molecule has 0 radical (unpaired) electrons. The van der Waals surface area contributed by atoms with Crippen molar-refractivity contribution in [1.82, 2.24) is 4.98 Å². The van der Waals surface area contributed by atoms with Crippen molar-refractivity contribution in [2.45, 2.75) is 53.1 Å². The van der Waals surface area contributed by atoms with E-state index in [2.05, 4.69) is 31.1 Å². The highest BCUT2D eigenvalue weighted by Gasteiger charge is 2.15. The first-order chi connectivity index (χ1) is 14.5. The third kappa shape index (κ3) is 5.29. The van der Waals surface area contributed by atoms with E-state index >= 15 is 0 Å². The molecule has 0 atom stereocenters. The van der Waals surface area contributed by atoms with Gasteiger partial charge in [-0.25, -0.2) is 9.78 Å². The molecule has 0 saturated carbocycles. The maximum atomic E-state index is 12.3. The summed E-state index contributed by atoms with van der Waals surface area (Å²) in [4.78, 5) is 17.0. The minimum Gasteiger partial charge on any atom is -0.493 e. The normalized spacial score (nSPS) is 11.0. The fourth-order valence-electron chi connectivity index (χ4n) is 3.21. The molecule has 2 aromatic carbocycles. The second-order valence-corrected chi connectivity index (χ2v) is 7.71. The zero-order valence-electron chi connectivity index (χ0n) is 18.2. The molecule has 3 aromatic rings. The van der Waals surface area contributed by atoms with Gasteiger partial charge in [-0.1, -0.05) is 51.5 Å². The Morgan fingerprint density at radius 2 is 1.83 bits per heavy atom. The minimum atomic E-state index is -0.505. The molecule has 0 aliphatic carbocycles. The number of hydrogen-bond donors (Lipinski definition) is 1. The Bertz CT molecular complexity index is 997. The van der Waals surface area contributed by atoms with Gasteiger partial charge in [-0.3, -0.25) is 5.32 Å². The van der Waals surface area contributed by atoms with Crippen molar-refractivity contribution in [3.63, 3.8) is 0 Å². The van der Waals surface area contributed by atoms with Crippen LogP contribution >= 0.6 is 0 Å². The number of nitrogens with one attached hydrogen (secondary N) is 1. The third-order valence-electron chi connectivity index (χ3n) is 5.09. The Balaban J connectivity index is 1.71. The van der Waals surface area contributed by atoms with Gasteiger partial charge >= 0.3 is 6.09 Å². The van der Waals surface area contributed by atoms with Crippen molar-refractivity contribution < 1.29 is 14.3 Å². The summed E-state index contributed by atoms with van der Waals surface area (Å²) in [5.74, 6) is 1.26. The Kier molecular flexibility index (Phi) is 7.28. The molecule has 5 heteroatoms. The first-order valence-electron chi connectivity index (χ1n) is 10.5. The minimum absolute atomic E-state index is 0.0801. The first-order valence-corrected chi connectivity index (χ1v) is 10.5. The van der Waals surface area contributed by atoms with E-state index < -0.39 is 6.09 Å². The molecule has 1 amide bonds. The van der Waals surface area contributed by atoms with Crippen molar-refractivity contribution >= 4 is 22.7 Å². The smallest absolute Gasteiger partial charge is 0.412 e. The van der Waals surface area contributed by atoms with Crippen LogP contribution in [0.5, 0.6) is 5.75 Å². The predicted octanol–water partition coefficient (Wildman–Crippen LogP) is 6.59. The van der Waals surface area contributed by atoms with Crippen molar-refractivity contribution in [2.24, 2.45) is 0 Å². The van der Waals surface area contributed by atoms with Gasteiger partial charge in [0.05, 0.1) is 17.8 Å². The lowest BCUT2D eigenvalue weighted by Crippen LogP contribution is -2.15. The van der Waals surface area contributed by atoms with Crippen LogP contribution < -0.4 is 10.1 Å². The number of carbonyl (C=O) groups is 1. The van der Waals surface area contributed by atoms with E-state index in [-0.39, 0.29) is 6.61 Å². The first kappa shape index (κ1) is 21.6. The van der Waals surface area contributed by atoms with Gasteiger partial charge in [0, 0.05) is 16.6 Å². The molecular formula is C25H30N2O3. The number of unbranched alkanes of at least 4 members (excludes halogenated alkanes) is 1. The molecule has 0 fully saturated rings. The van der Waals surface area contributed by atoms with Crippen LogP contribution in [0.15, 0.2) is 48.5 Å². The van der Waals surface area contributed by atoms with E-state index in [9.17, 15) is 4.79 Å². The summed E-state index contributed by atoms with van der Waals surface area (Å²) in [7, 11) is 0. The van der Waals surface area contributed by atoms with E-state index in [4.69, 9.17) is 9.47 Å². The maximum absolute atomic E-state index is 12.3. The van der Waals surface area contributed by atoms with Crippen molar-refractivity contribution in [3.05, 3.63) is 65.4 Å². The summed E-state index contributed by atoms with van der Waals surface area (Å²) in [6, 6.07) is 15.7. The lowest BCUT2D eigenvalue weighted by molar-refractivity contribution is 0.153. The van der Waals surface area contributed by atoms with Crippen LogP contribution in [0.4, 0.5) is 10.5 Å². The summed E-state index contributed by atoms with van der Waals surface area (Å²) in [5.41, 5.74) is 4.36. The van der Waals surface area contributed by atoms with Crippen molar-refractivity contribution in [1.29, 1.82) is 0 Å². The largest absolute Gasteiger partial charge is 0.493 e. The van der Waals surface area contributed by atoms with Crippen LogP contribution in [0.1, 0.15) is 56.4 Å². The zero-order valence-corrected chi connectivity index (χ0v) is 18.2. The molecule has 0 aliphatic rings. The number of hydrogen-bond acceptors (Lipinski definition) is 4. The number of carbonyl (C=O) groups excluding carboxylic acids is 1. The topological polar surface area (TPSA) is 60.5 Å². The lowest BCUT2D eigenvalue weighted by Gasteiger charge is -2.16. The van der Waals surface area contributed by atoms with E-state index in [1.165, 1.54) is 5.56 Å². The number of aromatic nitrogens is 1. The van der Waals surface area contributed by atoms with Gasteiger partial charge in [0.15, 0.2) is 0 Å². The number of para-hydroxylation sites is 1. The second kappa shape index (κ2) is 10.1. The number of pyridine rings is 1. The molecule has 1 aromatic heterocycles. The summed E-state index contributed by atoms with van der Waals surface area (Å²) < 4.78 is 11.5. The van der Waals surface area contributed by atoms with Gasteiger partial charge in [-0.2, -0.15) is 0 Å². The van der Waals surface area contributed by atoms with Crippen LogP contribution in [-0.4, -0.2) is 17.7 Å². The lowest BCUT2D eigenvalue weighted by atomic mass is 10.0. The Labute approximate surface area is 178 Å². The maximum Gasteiger partial charge on any atom is 0.412 e. The van der Waals surface area contributed by atoms with E-state index in [0.717, 1.165) is 35.1 Å². The van der Waals surface area contributed by atoms with Crippen LogP contribution in [0.25, 0.3) is 10.9 Å². The number of anilines is 1. The number of nitrogens with zero attached hydrogens (tertiary/aromatic N) is 1. The van der Waals surface area contributed by atoms with Crippen LogP contribution in [-0.2, 0) is 11.3 Å². The number of ether oxygens (including phenoxy) is 2. The second-order valence-electron chi connectivity index (χ2n) is 7.71. The highest BCUT2D eigenvalue weighted by molar-refractivity contribution is 5.87. The molecular weight excluding hydrogens is 376 g/mol. The molecule has 3 rings (SSSR count). The molecule has 0 saturated heterocycles. The number of benzene rings is 2. The van der Waals surface area contributed by atoms with Gasteiger partial charge in [0.25, 0.3) is 0 Å². The summed E-state index contributed by atoms with van der Waals surface area (Å²) in [6.45, 7) is 9.10. The van der Waals surface area contributed by atoms with Crippen LogP contribution in [0, 0.1) is 6.92 Å². The summed E-state index contributed by atoms with van der Waals surface area (Å²) in [5, 5.41) is 3.75. The summed E-state index contributed by atoms with van der Waals surface area (Å²) in [6.07, 6.45) is 1.55. The van der Waals surface area contributed by atoms with Gasteiger partial charge in [-0.05, 0) is 49.1 Å². The van der Waals surface area contributed by atoms with Gasteiger partial charge < -0.3 is 9.47 Å². The van der Waals surface area contributed by atoms with E-state index in [1.807, 2.05) is 55.5 Å². The SMILES string of the molecule is CCCCOc1c(C)c(COC(=O)Nc2ccc(C(C)C)cc2)nc2ccccc12. The Morgan fingerprint density at radius 3 is 2.53 bits per heavy atom. The molecule has 30 heavy (non-hydrogen) atoms. The zero-order chi connectivity index (χ0) is 21.5. The molecule has 0 unspecified atom stereocenters. The Morgan fingerprint density at radius 1 is 1.10 bits per heavy atom. The van der Waals surface area contributed by atoms with E-state index in [0.29, 0.717) is 23.9 Å². The van der Waals surface area contributed by atoms with E-state index in [1.54, 1.807) is 0 Å². The highest BCUT2D eigenvalue weighted by Crippen LogP contribution is 2.31. The molecule has 0 spiro atoms. The summed E-state index contributed by atoms with van der Waals surface area (Å²) >= 11 is 0. The Hall–Kier alpha value is -3.08. The molecule has 0 aliphatic heterocycles. The van der Waals surface area contributed by atoms with Gasteiger partial charge in [0.2, 0.25) is 0 Å². The van der Waals surface area contributed by atoms with Gasteiger partial charge in [0.1, 0.15) is 12.4 Å². The average Bonchev–Trinajstić information content (AvgIpc) is 2.74. The molecule has 5 nitrogen and oxygen atoms in total. The van der Waals surface area contributed by atoms with Crippen LogP contribution in [0.3, 0.4) is 0 Å². The van der Waals surface area contributed by atoms with Gasteiger partial charge in [-0.15, -0.1) is 0 Å². The van der Waals surface area contributed by atoms with Crippen molar-refractivity contribution in [2.75, 3.05) is 11.9 Å². The third-order valence-corrected chi connectivity index (χ3v) is 5.09. The molecule has 0 bridgehead atoms. The van der Waals surface area contributed by atoms with Crippen LogP contribution in [0.2, 0.25) is 0 Å². The highest BCUT2D eigenvalue weighted by atomic mass is 16.5. The fraction of sp³-hybridized carbons (Fsp3) is 0.360. The molecule has 1 heterocycles. The number of rotatable bonds is 8. The predicted molar refractivity (Wildman–Crippen MR) is 121 cm³/mol. The molecule has 158 valence electrons. The number of amides is 1. The quantitative estimate of drug-likeness (QED) is 0.428. The standard InChI is InChI=1S/C25H30N2O3/c1-5-6-15-29-24-18(4)23(27-22-10-8-7-9-21(22)24)16-30-25(28)26-20-13-11-19(12-14-20)17(2)3/h7-14,17H,5-6,15-16H2,1-4H3,(H,26,28). The molecule has 1 N–H and O–H groups in total. The average molecular weight is 407 g/mol. The van der Waals surface area contributed by atoms with Crippen molar-refractivity contribution in [3.8, 4) is 5.75 Å².